The lowest BCUT2D eigenvalue weighted by atomic mass is 10.1. The van der Waals surface area contributed by atoms with Gasteiger partial charge < -0.3 is 10.7 Å². The van der Waals surface area contributed by atoms with Gasteiger partial charge in [-0.25, -0.2) is 4.98 Å². The van der Waals surface area contributed by atoms with E-state index in [9.17, 15) is 18.0 Å². The number of hydrogen-bond acceptors (Lipinski definition) is 3. The van der Waals surface area contributed by atoms with E-state index in [-0.39, 0.29) is 11.0 Å². The van der Waals surface area contributed by atoms with Crippen LogP contribution in [0.15, 0.2) is 23.1 Å². The molecule has 0 saturated carbocycles. The van der Waals surface area contributed by atoms with Crippen molar-refractivity contribution in [2.45, 2.75) is 6.18 Å². The number of halogens is 3. The molecule has 0 spiro atoms. The van der Waals surface area contributed by atoms with Gasteiger partial charge in [0.05, 0.1) is 22.8 Å². The summed E-state index contributed by atoms with van der Waals surface area (Å²) in [5.74, 6) is 0. The smallest absolute Gasteiger partial charge is 0.398 e. The molecule has 2 aromatic rings. The number of nitrogens with zero attached hydrogens (tertiary/aromatic N) is 1. The molecule has 3 N–H and O–H groups in total. The number of benzene rings is 1. The lowest BCUT2D eigenvalue weighted by molar-refractivity contribution is -0.136. The molecule has 0 bridgehead atoms. The minimum Gasteiger partial charge on any atom is -0.398 e. The Kier molecular flexibility index (Phi) is 2.11. The molecule has 1 heterocycles. The summed E-state index contributed by atoms with van der Waals surface area (Å²) < 4.78 is 37.5. The van der Waals surface area contributed by atoms with Crippen molar-refractivity contribution in [3.8, 4) is 0 Å². The number of alkyl halides is 3. The van der Waals surface area contributed by atoms with E-state index in [2.05, 4.69) is 9.97 Å². The molecule has 0 fully saturated rings. The number of rotatable bonds is 0. The first-order chi connectivity index (χ1) is 7.38. The maximum atomic E-state index is 12.5. The predicted octanol–water partition coefficient (Wildman–Crippen LogP) is 1.52. The van der Waals surface area contributed by atoms with Crippen LogP contribution in [0.2, 0.25) is 0 Å². The van der Waals surface area contributed by atoms with E-state index in [0.29, 0.717) is 0 Å². The van der Waals surface area contributed by atoms with Crippen molar-refractivity contribution in [1.82, 2.24) is 9.97 Å². The third-order valence-corrected chi connectivity index (χ3v) is 2.05. The van der Waals surface area contributed by atoms with Gasteiger partial charge in [0.25, 0.3) is 5.56 Å². The Hall–Kier alpha value is -2.05. The fourth-order valence-corrected chi connectivity index (χ4v) is 1.35. The fraction of sp³-hybridized carbons (Fsp3) is 0.111. The molecule has 0 aliphatic carbocycles. The van der Waals surface area contributed by atoms with Gasteiger partial charge in [-0.1, -0.05) is 0 Å². The van der Waals surface area contributed by atoms with Gasteiger partial charge in [0.15, 0.2) is 0 Å². The highest BCUT2D eigenvalue weighted by Crippen LogP contribution is 2.34. The number of nitrogens with two attached hydrogens (primary N) is 1. The zero-order chi connectivity index (χ0) is 11.9. The number of hydrogen-bond donors (Lipinski definition) is 2. The second-order valence-corrected chi connectivity index (χ2v) is 3.20. The molecule has 84 valence electrons. The number of fused-ring (bicyclic) bond motifs is 1. The Morgan fingerprint density at radius 2 is 2.00 bits per heavy atom. The molecular weight excluding hydrogens is 223 g/mol. The fourth-order valence-electron chi connectivity index (χ4n) is 1.35. The zero-order valence-electron chi connectivity index (χ0n) is 7.80. The predicted molar refractivity (Wildman–Crippen MR) is 51.8 cm³/mol. The molecule has 4 nitrogen and oxygen atoms in total. The Morgan fingerprint density at radius 1 is 1.31 bits per heavy atom. The molecule has 0 saturated heterocycles. The van der Waals surface area contributed by atoms with E-state index in [0.717, 1.165) is 18.3 Å². The molecule has 0 amide bonds. The topological polar surface area (TPSA) is 71.8 Å². The largest absolute Gasteiger partial charge is 0.418 e. The Labute approximate surface area is 86.9 Å². The standard InChI is InChI=1S/C9H6F3N3O/c10-9(11,12)4-1-7-6(2-5(4)13)14-3-8(16)15-7/h1-3H,13H2,(H,15,16). The lowest BCUT2D eigenvalue weighted by Crippen LogP contribution is -2.11. The maximum absolute atomic E-state index is 12.5. The quantitative estimate of drug-likeness (QED) is 0.673. The van der Waals surface area contributed by atoms with Crippen molar-refractivity contribution in [3.63, 3.8) is 0 Å². The summed E-state index contributed by atoms with van der Waals surface area (Å²) in [6, 6.07) is 1.85. The van der Waals surface area contributed by atoms with Crippen LogP contribution >= 0.6 is 0 Å². The number of nitrogens with one attached hydrogen (secondary N) is 1. The van der Waals surface area contributed by atoms with E-state index in [1.54, 1.807) is 0 Å². The monoisotopic (exact) mass is 229 g/mol. The number of H-pyrrole nitrogens is 1. The summed E-state index contributed by atoms with van der Waals surface area (Å²) in [4.78, 5) is 16.8. The molecule has 1 aromatic carbocycles. The number of aromatic nitrogens is 2. The first-order valence-electron chi connectivity index (χ1n) is 4.23. The van der Waals surface area contributed by atoms with Crippen molar-refractivity contribution < 1.29 is 13.2 Å². The highest BCUT2D eigenvalue weighted by molar-refractivity contribution is 5.79. The van der Waals surface area contributed by atoms with Crippen LogP contribution in [-0.4, -0.2) is 9.97 Å². The van der Waals surface area contributed by atoms with Gasteiger partial charge in [-0.3, -0.25) is 4.79 Å². The van der Waals surface area contributed by atoms with Crippen LogP contribution < -0.4 is 11.3 Å². The SMILES string of the molecule is Nc1cc2ncc(=O)[nH]c2cc1C(F)(F)F. The summed E-state index contributed by atoms with van der Waals surface area (Å²) >= 11 is 0. The van der Waals surface area contributed by atoms with Crippen LogP contribution in [0.4, 0.5) is 18.9 Å². The molecule has 0 unspecified atom stereocenters. The first kappa shape index (κ1) is 10.5. The van der Waals surface area contributed by atoms with Crippen molar-refractivity contribution in [1.29, 1.82) is 0 Å². The van der Waals surface area contributed by atoms with Gasteiger partial charge in [0, 0.05) is 5.69 Å². The Morgan fingerprint density at radius 3 is 2.62 bits per heavy atom. The normalized spacial score (nSPS) is 11.9. The van der Waals surface area contributed by atoms with Crippen LogP contribution in [0, 0.1) is 0 Å². The zero-order valence-corrected chi connectivity index (χ0v) is 7.80. The van der Waals surface area contributed by atoms with Gasteiger partial charge in [0.1, 0.15) is 0 Å². The highest BCUT2D eigenvalue weighted by Gasteiger charge is 2.33. The second kappa shape index (κ2) is 3.22. The molecule has 0 aliphatic rings. The number of anilines is 1. The van der Waals surface area contributed by atoms with Gasteiger partial charge in [-0.2, -0.15) is 13.2 Å². The van der Waals surface area contributed by atoms with Crippen molar-refractivity contribution in [2.75, 3.05) is 5.73 Å². The average Bonchev–Trinajstić information content (AvgIpc) is 2.16. The molecular formula is C9H6F3N3O. The van der Waals surface area contributed by atoms with Crippen LogP contribution in [-0.2, 0) is 6.18 Å². The summed E-state index contributed by atoms with van der Waals surface area (Å²) in [6.07, 6.45) is -3.57. The first-order valence-corrected chi connectivity index (χ1v) is 4.23. The Bertz CT molecular complexity index is 603. The molecule has 1 aromatic heterocycles. The average molecular weight is 229 g/mol. The summed E-state index contributed by atoms with van der Waals surface area (Å²) in [6.45, 7) is 0. The molecule has 2 rings (SSSR count). The van der Waals surface area contributed by atoms with Gasteiger partial charge in [-0.15, -0.1) is 0 Å². The summed E-state index contributed by atoms with van der Waals surface area (Å²) in [5, 5.41) is 0. The molecule has 0 aliphatic heterocycles. The number of aromatic amines is 1. The third-order valence-electron chi connectivity index (χ3n) is 2.05. The van der Waals surface area contributed by atoms with E-state index >= 15 is 0 Å². The van der Waals surface area contributed by atoms with Gasteiger partial charge in [0.2, 0.25) is 0 Å². The van der Waals surface area contributed by atoms with Crippen LogP contribution in [0.25, 0.3) is 11.0 Å². The maximum Gasteiger partial charge on any atom is 0.418 e. The second-order valence-electron chi connectivity index (χ2n) is 3.20. The van der Waals surface area contributed by atoms with E-state index in [1.165, 1.54) is 0 Å². The Balaban J connectivity index is 2.79. The molecule has 7 heteroatoms. The number of nitrogen functional groups attached to an aromatic ring is 1. The van der Waals surface area contributed by atoms with Crippen LogP contribution in [0.5, 0.6) is 0 Å². The van der Waals surface area contributed by atoms with Crippen LogP contribution in [0.1, 0.15) is 5.56 Å². The van der Waals surface area contributed by atoms with Gasteiger partial charge >= 0.3 is 6.18 Å². The van der Waals surface area contributed by atoms with E-state index in [4.69, 9.17) is 5.73 Å². The van der Waals surface area contributed by atoms with E-state index < -0.39 is 23.0 Å². The molecule has 0 atom stereocenters. The third kappa shape index (κ3) is 1.71. The summed E-state index contributed by atoms with van der Waals surface area (Å²) in [5.41, 5.74) is 3.52. The van der Waals surface area contributed by atoms with Gasteiger partial charge in [-0.05, 0) is 12.1 Å². The molecule has 0 radical (unpaired) electrons. The van der Waals surface area contributed by atoms with Crippen LogP contribution in [0.3, 0.4) is 0 Å². The minimum atomic E-state index is -4.55. The molecule has 16 heavy (non-hydrogen) atoms. The van der Waals surface area contributed by atoms with E-state index in [1.807, 2.05) is 0 Å². The lowest BCUT2D eigenvalue weighted by Gasteiger charge is -2.10. The highest BCUT2D eigenvalue weighted by atomic mass is 19.4. The minimum absolute atomic E-state index is 0.00836. The van der Waals surface area contributed by atoms with Crippen molar-refractivity contribution in [3.05, 3.63) is 34.2 Å². The van der Waals surface area contributed by atoms with Crippen molar-refractivity contribution in [2.24, 2.45) is 0 Å². The summed E-state index contributed by atoms with van der Waals surface area (Å²) in [7, 11) is 0. The van der Waals surface area contributed by atoms with Crippen molar-refractivity contribution >= 4 is 16.7 Å².